The Labute approximate surface area is 148 Å². The molecule has 25 heavy (non-hydrogen) atoms. The zero-order valence-electron chi connectivity index (χ0n) is 15.7. The summed E-state index contributed by atoms with van der Waals surface area (Å²) in [6.45, 7) is 9.59. The third kappa shape index (κ3) is 3.92. The van der Waals surface area contributed by atoms with E-state index in [1.165, 1.54) is 7.11 Å². The van der Waals surface area contributed by atoms with E-state index in [0.29, 0.717) is 16.9 Å². The van der Waals surface area contributed by atoms with Gasteiger partial charge in [-0.05, 0) is 52.8 Å². The molecule has 2 aromatic rings. The maximum atomic E-state index is 12.5. The number of benzene rings is 1. The number of carbonyl (C=O) groups is 2. The summed E-state index contributed by atoms with van der Waals surface area (Å²) < 4.78 is 12.5. The van der Waals surface area contributed by atoms with Gasteiger partial charge in [0.1, 0.15) is 11.3 Å². The summed E-state index contributed by atoms with van der Waals surface area (Å²) in [5, 5.41) is 0. The molecule has 0 aliphatic carbocycles. The molecular weight excluding hydrogens is 318 g/mol. The highest BCUT2D eigenvalue weighted by Gasteiger charge is 2.20. The summed E-state index contributed by atoms with van der Waals surface area (Å²) in [5.74, 6) is -0.340. The van der Waals surface area contributed by atoms with E-state index in [1.807, 2.05) is 32.9 Å². The Bertz CT molecular complexity index is 802. The lowest BCUT2D eigenvalue weighted by Crippen LogP contribution is -2.16. The Balaban J connectivity index is 2.14. The van der Waals surface area contributed by atoms with Gasteiger partial charge in [-0.25, -0.2) is 4.79 Å². The Morgan fingerprint density at radius 2 is 1.76 bits per heavy atom. The number of Topliss-reactive ketones (excluding diaryl/α,β-unsaturated/α-hetero) is 1. The Morgan fingerprint density at radius 3 is 2.32 bits per heavy atom. The van der Waals surface area contributed by atoms with Crippen LogP contribution >= 0.6 is 0 Å². The normalized spacial score (nSPS) is 10.8. The number of rotatable bonds is 6. The second-order valence-corrected chi connectivity index (χ2v) is 6.45. The summed E-state index contributed by atoms with van der Waals surface area (Å²) in [5.41, 5.74) is 3.74. The maximum absolute atomic E-state index is 12.5. The van der Waals surface area contributed by atoms with E-state index in [9.17, 15) is 9.59 Å². The molecule has 0 fully saturated rings. The summed E-state index contributed by atoms with van der Waals surface area (Å²) >= 11 is 0. The van der Waals surface area contributed by atoms with Gasteiger partial charge in [-0.2, -0.15) is 0 Å². The zero-order valence-corrected chi connectivity index (χ0v) is 15.7. The van der Waals surface area contributed by atoms with Gasteiger partial charge in [-0.1, -0.05) is 11.6 Å². The molecule has 5 heteroatoms. The first-order chi connectivity index (χ1) is 11.8. The number of esters is 1. The highest BCUT2D eigenvalue weighted by atomic mass is 16.5. The molecule has 1 heterocycles. The smallest absolute Gasteiger partial charge is 0.342 e. The van der Waals surface area contributed by atoms with Crippen LogP contribution in [0.2, 0.25) is 0 Å². The van der Waals surface area contributed by atoms with Crippen molar-refractivity contribution in [3.8, 4) is 5.75 Å². The van der Waals surface area contributed by atoms with E-state index >= 15 is 0 Å². The van der Waals surface area contributed by atoms with Crippen molar-refractivity contribution in [3.05, 3.63) is 52.3 Å². The molecule has 0 bridgehead atoms. The van der Waals surface area contributed by atoms with Crippen LogP contribution in [0.1, 0.15) is 57.6 Å². The van der Waals surface area contributed by atoms with Gasteiger partial charge in [0.25, 0.3) is 0 Å². The fourth-order valence-electron chi connectivity index (χ4n) is 3.12. The highest BCUT2D eigenvalue weighted by molar-refractivity contribution is 6.01. The van der Waals surface area contributed by atoms with E-state index in [2.05, 4.69) is 18.4 Å². The minimum absolute atomic E-state index is 0.208. The van der Waals surface area contributed by atoms with Crippen molar-refractivity contribution in [3.63, 3.8) is 0 Å². The van der Waals surface area contributed by atoms with Crippen molar-refractivity contribution in [2.75, 3.05) is 13.7 Å². The number of hydrogen-bond donors (Lipinski definition) is 0. The molecule has 0 unspecified atom stereocenters. The molecule has 0 saturated heterocycles. The Morgan fingerprint density at radius 1 is 1.08 bits per heavy atom. The molecular formula is C20H25NO4. The van der Waals surface area contributed by atoms with Gasteiger partial charge in [0.15, 0.2) is 6.61 Å². The summed E-state index contributed by atoms with van der Waals surface area (Å²) in [4.78, 5) is 24.8. The van der Waals surface area contributed by atoms with Gasteiger partial charge in [0, 0.05) is 23.0 Å². The van der Waals surface area contributed by atoms with Crippen molar-refractivity contribution in [2.45, 2.75) is 40.7 Å². The summed E-state index contributed by atoms with van der Waals surface area (Å²) in [7, 11) is 1.49. The highest BCUT2D eigenvalue weighted by Crippen LogP contribution is 2.22. The van der Waals surface area contributed by atoms with Gasteiger partial charge < -0.3 is 14.0 Å². The lowest BCUT2D eigenvalue weighted by molar-refractivity contribution is 0.0471. The lowest BCUT2D eigenvalue weighted by Gasteiger charge is -2.13. The predicted octanol–water partition coefficient (Wildman–Crippen LogP) is 4.04. The fraction of sp³-hybridized carbons (Fsp3) is 0.400. The molecule has 0 aliphatic rings. The number of hydrogen-bond acceptors (Lipinski definition) is 4. The maximum Gasteiger partial charge on any atom is 0.342 e. The van der Waals surface area contributed by atoms with Crippen molar-refractivity contribution in [1.29, 1.82) is 0 Å². The Hall–Kier alpha value is -2.56. The summed E-state index contributed by atoms with van der Waals surface area (Å²) in [6, 6.07) is 7.36. The molecule has 1 aromatic carbocycles. The molecule has 0 spiro atoms. The Kier molecular flexibility index (Phi) is 5.67. The number of aryl methyl sites for hydroxylation is 2. The molecule has 1 aromatic heterocycles. The number of methoxy groups -OCH3 is 1. The summed E-state index contributed by atoms with van der Waals surface area (Å²) in [6.07, 6.45) is 0. The predicted molar refractivity (Wildman–Crippen MR) is 96.6 cm³/mol. The van der Waals surface area contributed by atoms with Crippen LogP contribution in [-0.2, 0) is 4.74 Å². The number of aromatic nitrogens is 1. The third-order valence-corrected chi connectivity index (χ3v) is 4.21. The van der Waals surface area contributed by atoms with Crippen LogP contribution in [0.4, 0.5) is 0 Å². The molecule has 0 saturated carbocycles. The number of ether oxygens (including phenoxy) is 2. The van der Waals surface area contributed by atoms with E-state index in [-0.39, 0.29) is 18.4 Å². The van der Waals surface area contributed by atoms with Crippen molar-refractivity contribution < 1.29 is 19.1 Å². The van der Waals surface area contributed by atoms with Crippen molar-refractivity contribution in [2.24, 2.45) is 0 Å². The number of nitrogens with zero attached hydrogens (tertiary/aromatic N) is 1. The fourth-order valence-corrected chi connectivity index (χ4v) is 3.12. The molecule has 0 amide bonds. The third-order valence-electron chi connectivity index (χ3n) is 4.21. The van der Waals surface area contributed by atoms with Crippen LogP contribution in [0.5, 0.6) is 5.75 Å². The van der Waals surface area contributed by atoms with Crippen LogP contribution in [0.15, 0.2) is 24.3 Å². The van der Waals surface area contributed by atoms with Crippen molar-refractivity contribution >= 4 is 11.8 Å². The molecule has 0 atom stereocenters. The quantitative estimate of drug-likeness (QED) is 0.587. The van der Waals surface area contributed by atoms with E-state index in [0.717, 1.165) is 17.0 Å². The van der Waals surface area contributed by atoms with Crippen molar-refractivity contribution in [1.82, 2.24) is 4.57 Å². The van der Waals surface area contributed by atoms with E-state index < -0.39 is 5.97 Å². The zero-order chi connectivity index (χ0) is 18.7. The topological polar surface area (TPSA) is 57.5 Å². The SMILES string of the molecule is COc1ccc(C)cc1C(=O)OCC(=O)c1cc(C)n(C(C)C)c1C. The van der Waals surface area contributed by atoms with Gasteiger partial charge in [0.05, 0.1) is 7.11 Å². The lowest BCUT2D eigenvalue weighted by atomic mass is 10.1. The molecule has 0 N–H and O–H groups in total. The van der Waals surface area contributed by atoms with E-state index in [1.54, 1.807) is 12.1 Å². The van der Waals surface area contributed by atoms with Gasteiger partial charge in [0.2, 0.25) is 5.78 Å². The first kappa shape index (κ1) is 18.8. The van der Waals surface area contributed by atoms with Gasteiger partial charge in [-0.3, -0.25) is 4.79 Å². The van der Waals surface area contributed by atoms with Gasteiger partial charge in [-0.15, -0.1) is 0 Å². The molecule has 0 radical (unpaired) electrons. The van der Waals surface area contributed by atoms with E-state index in [4.69, 9.17) is 9.47 Å². The first-order valence-corrected chi connectivity index (χ1v) is 8.29. The molecule has 5 nitrogen and oxygen atoms in total. The average Bonchev–Trinajstić information content (AvgIpc) is 2.86. The second kappa shape index (κ2) is 7.55. The molecule has 134 valence electrons. The molecule has 0 aliphatic heterocycles. The van der Waals surface area contributed by atoms with Gasteiger partial charge >= 0.3 is 5.97 Å². The number of carbonyl (C=O) groups excluding carboxylic acids is 2. The minimum Gasteiger partial charge on any atom is -0.496 e. The largest absolute Gasteiger partial charge is 0.496 e. The first-order valence-electron chi connectivity index (χ1n) is 8.29. The minimum atomic E-state index is -0.563. The monoisotopic (exact) mass is 343 g/mol. The standard InChI is InChI=1S/C20H25NO4/c1-12(2)21-14(4)10-16(15(21)5)18(22)11-25-20(23)17-9-13(3)7-8-19(17)24-6/h7-10,12H,11H2,1-6H3. The van der Waals surface area contributed by atoms with Crippen LogP contribution in [0.3, 0.4) is 0 Å². The van der Waals surface area contributed by atoms with Crippen LogP contribution in [-0.4, -0.2) is 30.0 Å². The number of ketones is 1. The van der Waals surface area contributed by atoms with Crippen LogP contribution in [0.25, 0.3) is 0 Å². The van der Waals surface area contributed by atoms with Crippen LogP contribution in [0, 0.1) is 20.8 Å². The average molecular weight is 343 g/mol. The second-order valence-electron chi connectivity index (χ2n) is 6.45. The molecule has 2 rings (SSSR count). The van der Waals surface area contributed by atoms with Crippen LogP contribution < -0.4 is 4.74 Å².